The topological polar surface area (TPSA) is 309 Å². The Kier molecular flexibility index (Phi) is 42.0. The van der Waals surface area contributed by atoms with E-state index in [0.29, 0.717) is 0 Å². The van der Waals surface area contributed by atoms with Crippen LogP contribution in [0.2, 0.25) is 0 Å². The molecule has 24 nitrogen and oxygen atoms in total. The van der Waals surface area contributed by atoms with Crippen molar-refractivity contribution in [2.24, 2.45) is 0 Å². The maximum atomic E-state index is 4.11. The number of nitrogens with zero attached hydrogens (tertiary/aromatic N) is 24. The number of rotatable bonds is 0. The van der Waals surface area contributed by atoms with Crippen molar-refractivity contribution in [3.8, 4) is 0 Å². The van der Waals surface area contributed by atoms with E-state index >= 15 is 0 Å². The molecule has 24 heteroatoms. The van der Waals surface area contributed by atoms with Crippen LogP contribution in [0.5, 0.6) is 0 Å². The fourth-order valence-electron chi connectivity index (χ4n) is 5.55. The van der Waals surface area contributed by atoms with Crippen molar-refractivity contribution in [3.63, 3.8) is 0 Å². The van der Waals surface area contributed by atoms with Crippen LogP contribution in [0.15, 0.2) is 174 Å². The van der Waals surface area contributed by atoms with Crippen molar-refractivity contribution in [2.75, 3.05) is 0 Å². The lowest BCUT2D eigenvalue weighted by atomic mass is 10.3. The summed E-state index contributed by atoms with van der Waals surface area (Å²) < 4.78 is 0. The number of aromatic nitrogens is 24. The van der Waals surface area contributed by atoms with Gasteiger partial charge < -0.3 is 0 Å². The zero-order chi connectivity index (χ0) is 68.3. The minimum atomic E-state index is 0.829. The Labute approximate surface area is 543 Å². The molecule has 0 spiro atoms. The van der Waals surface area contributed by atoms with Gasteiger partial charge in [0.1, 0.15) is 43.3 Å². The van der Waals surface area contributed by atoms with Gasteiger partial charge >= 0.3 is 0 Å². The summed E-state index contributed by atoms with van der Waals surface area (Å²) in [4.78, 5) is 86.4. The minimum absolute atomic E-state index is 0.829. The van der Waals surface area contributed by atoms with E-state index in [-0.39, 0.29) is 0 Å². The molecule has 12 aromatic rings. The van der Waals surface area contributed by atoms with Crippen LogP contribution in [0.1, 0.15) is 114 Å². The van der Waals surface area contributed by atoms with Crippen LogP contribution in [0.4, 0.5) is 0 Å². The van der Waals surface area contributed by atoms with Gasteiger partial charge in [-0.25, -0.2) is 69.8 Å². The average molecular weight is 1240 g/mol. The van der Waals surface area contributed by atoms with Crippen molar-refractivity contribution >= 4 is 0 Å². The lowest BCUT2D eigenvalue weighted by Crippen LogP contribution is -1.87. The molecule has 0 amide bonds. The third-order valence-electron chi connectivity index (χ3n) is 10.8. The highest BCUT2D eigenvalue weighted by atomic mass is 15.1. The predicted octanol–water partition coefficient (Wildman–Crippen LogP) is 11.9. The van der Waals surface area contributed by atoms with E-state index in [9.17, 15) is 0 Å². The maximum absolute atomic E-state index is 4.11. The molecule has 0 aliphatic carbocycles. The van der Waals surface area contributed by atoms with Gasteiger partial charge in [-0.2, -0.15) is 10.2 Å². The molecular formula is C68H88N24. The zero-order valence-corrected chi connectivity index (χ0v) is 56.9. The van der Waals surface area contributed by atoms with E-state index in [1.54, 1.807) is 106 Å². The molecule has 0 aromatic carbocycles. The standard InChI is InChI=1S/8C6H8N2.4C5H6N2/c2*1-5-3-7-4-8-6(5)2;1-5-3-8-6(2)4-7-5;1-5-3-7-4-6(2)8-5;1-5-3-6(2)8-4-7-5;1-5-3-7-6(2)8-4-5;1-5-6(2)8-4-3-7-5;1-5-3-4-7-6(2)8-5;1-5-2-6-4-7-3-5;1-5-4-6-2-3-7-5;1-5-2-3-6-4-7-5;1-5-3-2-4-6-7-5/h8*3-4H,1-2H3;4*2-4H,1H3. The Balaban J connectivity index is 0.000000502. The van der Waals surface area contributed by atoms with Gasteiger partial charge in [0.15, 0.2) is 0 Å². The number of aryl methyl sites for hydroxylation is 20. The van der Waals surface area contributed by atoms with E-state index in [1.807, 2.05) is 194 Å². The zero-order valence-electron chi connectivity index (χ0n) is 56.9. The van der Waals surface area contributed by atoms with Gasteiger partial charge in [0.05, 0.1) is 45.6 Å². The first-order chi connectivity index (χ1) is 43.9. The van der Waals surface area contributed by atoms with Crippen molar-refractivity contribution < 1.29 is 0 Å². The molecule has 0 aliphatic heterocycles. The maximum Gasteiger partial charge on any atom is 0.125 e. The van der Waals surface area contributed by atoms with Gasteiger partial charge in [-0.1, -0.05) is 0 Å². The second kappa shape index (κ2) is 48.9. The summed E-state index contributed by atoms with van der Waals surface area (Å²) in [6, 6.07) is 9.46. The lowest BCUT2D eigenvalue weighted by Gasteiger charge is -1.91. The Morgan fingerprint density at radius 3 is 0.978 bits per heavy atom. The van der Waals surface area contributed by atoms with E-state index in [2.05, 4.69) is 120 Å². The third-order valence-corrected chi connectivity index (χ3v) is 10.8. The monoisotopic (exact) mass is 1240 g/mol. The highest BCUT2D eigenvalue weighted by molar-refractivity contribution is 5.12. The van der Waals surface area contributed by atoms with Crippen LogP contribution in [-0.2, 0) is 0 Å². The Hall–Kier alpha value is -11.0. The average Bonchev–Trinajstić information content (AvgIpc) is 3.75. The van der Waals surface area contributed by atoms with E-state index in [1.165, 1.54) is 12.7 Å². The molecule has 0 saturated carbocycles. The van der Waals surface area contributed by atoms with Crippen LogP contribution in [0, 0.1) is 138 Å². The first kappa shape index (κ1) is 79.0. The largest absolute Gasteiger partial charge is 0.261 e. The summed E-state index contributed by atoms with van der Waals surface area (Å²) in [7, 11) is 0. The summed E-state index contributed by atoms with van der Waals surface area (Å²) in [5, 5.41) is 7.36. The summed E-state index contributed by atoms with van der Waals surface area (Å²) in [6.45, 7) is 38.8. The molecular weight excluding hydrogens is 1150 g/mol. The van der Waals surface area contributed by atoms with Gasteiger partial charge in [0.2, 0.25) is 0 Å². The quantitative estimate of drug-likeness (QED) is 0.136. The Bertz CT molecular complexity index is 3210. The summed E-state index contributed by atoms with van der Waals surface area (Å²) in [5.41, 5.74) is 18.5. The van der Waals surface area contributed by atoms with Crippen LogP contribution in [0.3, 0.4) is 0 Å². The minimum Gasteiger partial charge on any atom is -0.261 e. The van der Waals surface area contributed by atoms with Crippen molar-refractivity contribution in [2.45, 2.75) is 138 Å². The smallest absolute Gasteiger partial charge is 0.125 e. The molecule has 92 heavy (non-hydrogen) atoms. The van der Waals surface area contributed by atoms with E-state index < -0.39 is 0 Å². The normalized spacial score (nSPS) is 9.09. The van der Waals surface area contributed by atoms with Crippen LogP contribution in [0.25, 0.3) is 0 Å². The van der Waals surface area contributed by atoms with E-state index in [4.69, 9.17) is 0 Å². The van der Waals surface area contributed by atoms with Gasteiger partial charge in [-0.3, -0.25) is 39.9 Å². The molecule has 0 aliphatic rings. The fraction of sp³-hybridized carbons (Fsp3) is 0.294. The molecule has 0 radical (unpaired) electrons. The van der Waals surface area contributed by atoms with Crippen molar-refractivity contribution in [1.29, 1.82) is 0 Å². The van der Waals surface area contributed by atoms with Gasteiger partial charge in [-0.15, -0.1) is 0 Å². The molecule has 0 unspecified atom stereocenters. The number of hydrogen-bond donors (Lipinski definition) is 0. The van der Waals surface area contributed by atoms with Gasteiger partial charge in [-0.05, 0) is 191 Å². The van der Waals surface area contributed by atoms with Crippen LogP contribution in [-0.4, -0.2) is 120 Å². The molecule has 0 saturated heterocycles. The Morgan fingerprint density at radius 2 is 0.707 bits per heavy atom. The summed E-state index contributed by atoms with van der Waals surface area (Å²) in [6.07, 6.45) is 39.1. The van der Waals surface area contributed by atoms with Crippen LogP contribution >= 0.6 is 0 Å². The summed E-state index contributed by atoms with van der Waals surface area (Å²) in [5.74, 6) is 1.67. The summed E-state index contributed by atoms with van der Waals surface area (Å²) >= 11 is 0. The Morgan fingerprint density at radius 1 is 0.228 bits per heavy atom. The highest BCUT2D eigenvalue weighted by Gasteiger charge is 1.91. The van der Waals surface area contributed by atoms with E-state index in [0.717, 1.165) is 114 Å². The second-order valence-corrected chi connectivity index (χ2v) is 19.7. The first-order valence-corrected chi connectivity index (χ1v) is 28.8. The lowest BCUT2D eigenvalue weighted by molar-refractivity contribution is 0.980. The molecule has 0 atom stereocenters. The third kappa shape index (κ3) is 44.4. The van der Waals surface area contributed by atoms with Crippen molar-refractivity contribution in [3.05, 3.63) is 287 Å². The predicted molar refractivity (Wildman–Crippen MR) is 359 cm³/mol. The molecule has 12 rings (SSSR count). The highest BCUT2D eigenvalue weighted by Crippen LogP contribution is 1.99. The fourth-order valence-corrected chi connectivity index (χ4v) is 5.55. The second-order valence-electron chi connectivity index (χ2n) is 19.7. The molecule has 0 bridgehead atoms. The molecule has 480 valence electrons. The van der Waals surface area contributed by atoms with Gasteiger partial charge in [0, 0.05) is 146 Å². The molecule has 0 N–H and O–H groups in total. The first-order valence-electron chi connectivity index (χ1n) is 28.8. The molecule has 0 fully saturated rings. The number of hydrogen-bond acceptors (Lipinski definition) is 24. The SMILES string of the molecule is Cc1cc(C)ncn1.Cc1cccnn1.Cc1ccnc(C)n1.Cc1ccncn1.Cc1cnc(C)cn1.Cc1cnc(C)nc1.Cc1cncc(C)n1.Cc1cnccn1.Cc1cncnc1.Cc1cncnc1C.Cc1cncnc1C.Cc1nccnc1C. The van der Waals surface area contributed by atoms with Crippen LogP contribution < -0.4 is 0 Å². The molecule has 12 aromatic heterocycles. The molecule has 12 heterocycles. The van der Waals surface area contributed by atoms with Crippen molar-refractivity contribution in [1.82, 2.24) is 120 Å². The van der Waals surface area contributed by atoms with Gasteiger partial charge in [0.25, 0.3) is 0 Å².